The fourth-order valence-electron chi connectivity index (χ4n) is 2.74. The van der Waals surface area contributed by atoms with E-state index >= 15 is 0 Å². The monoisotopic (exact) mass is 242 g/mol. The third kappa shape index (κ3) is 4.13. The highest BCUT2D eigenvalue weighted by atomic mass is 35.5. The summed E-state index contributed by atoms with van der Waals surface area (Å²) in [6.07, 6.45) is 9.08. The van der Waals surface area contributed by atoms with E-state index in [-0.39, 0.29) is 0 Å². The Kier molecular flexibility index (Phi) is 5.37. The third-order valence-electron chi connectivity index (χ3n) is 4.09. The molecule has 0 radical (unpaired) electrons. The van der Waals surface area contributed by atoms with Crippen LogP contribution in [0.1, 0.15) is 59.8 Å². The van der Waals surface area contributed by atoms with Crippen LogP contribution >= 0.6 is 11.6 Å². The third-order valence-corrected chi connectivity index (χ3v) is 4.44. The molecule has 0 bridgehead atoms. The van der Waals surface area contributed by atoms with Crippen LogP contribution in [0.5, 0.6) is 0 Å². The van der Waals surface area contributed by atoms with Crippen molar-refractivity contribution in [3.05, 3.63) is 11.6 Å². The summed E-state index contributed by atoms with van der Waals surface area (Å²) in [6.45, 7) is 9.34. The molecule has 1 aliphatic rings. The SMILES string of the molecule is CCC(=CC1CCC(C(C)(C)C)CC1)CCl. The Bertz CT molecular complexity index is 220. The van der Waals surface area contributed by atoms with Gasteiger partial charge in [0.25, 0.3) is 0 Å². The molecule has 0 unspecified atom stereocenters. The average molecular weight is 243 g/mol. The van der Waals surface area contributed by atoms with Gasteiger partial charge in [-0.25, -0.2) is 0 Å². The quantitative estimate of drug-likeness (QED) is 0.458. The summed E-state index contributed by atoms with van der Waals surface area (Å²) >= 11 is 5.92. The zero-order chi connectivity index (χ0) is 12.2. The Morgan fingerprint density at radius 1 is 1.19 bits per heavy atom. The van der Waals surface area contributed by atoms with Crippen LogP contribution in [-0.2, 0) is 0 Å². The van der Waals surface area contributed by atoms with E-state index in [0.717, 1.165) is 24.1 Å². The number of rotatable bonds is 3. The molecular formula is C15H27Cl. The van der Waals surface area contributed by atoms with E-state index in [1.807, 2.05) is 0 Å². The molecule has 0 amide bonds. The molecule has 1 fully saturated rings. The summed E-state index contributed by atoms with van der Waals surface area (Å²) in [5.74, 6) is 2.43. The highest BCUT2D eigenvalue weighted by Crippen LogP contribution is 2.40. The van der Waals surface area contributed by atoms with Crippen molar-refractivity contribution in [3.63, 3.8) is 0 Å². The van der Waals surface area contributed by atoms with Gasteiger partial charge in [0.15, 0.2) is 0 Å². The fraction of sp³-hybridized carbons (Fsp3) is 0.867. The molecule has 0 heterocycles. The molecule has 0 N–H and O–H groups in total. The summed E-state index contributed by atoms with van der Waals surface area (Å²) in [6, 6.07) is 0. The largest absolute Gasteiger partial charge is 0.122 e. The predicted octanol–water partition coefficient (Wildman–Crippen LogP) is 5.41. The van der Waals surface area contributed by atoms with Crippen molar-refractivity contribution in [1.29, 1.82) is 0 Å². The smallest absolute Gasteiger partial charge is 0.0433 e. The molecule has 0 aliphatic heterocycles. The molecule has 0 spiro atoms. The minimum Gasteiger partial charge on any atom is -0.122 e. The maximum absolute atomic E-state index is 5.92. The van der Waals surface area contributed by atoms with Gasteiger partial charge in [0.2, 0.25) is 0 Å². The molecule has 0 aromatic rings. The van der Waals surface area contributed by atoms with Gasteiger partial charge in [-0.05, 0) is 49.4 Å². The number of allylic oxidation sites excluding steroid dienone is 2. The first-order chi connectivity index (χ1) is 7.47. The zero-order valence-corrected chi connectivity index (χ0v) is 12.1. The van der Waals surface area contributed by atoms with Crippen LogP contribution in [0, 0.1) is 17.3 Å². The van der Waals surface area contributed by atoms with Crippen molar-refractivity contribution in [2.24, 2.45) is 17.3 Å². The molecule has 0 aromatic heterocycles. The Morgan fingerprint density at radius 3 is 2.12 bits per heavy atom. The van der Waals surface area contributed by atoms with Crippen LogP contribution < -0.4 is 0 Å². The van der Waals surface area contributed by atoms with Gasteiger partial charge >= 0.3 is 0 Å². The first kappa shape index (κ1) is 14.1. The Hall–Kier alpha value is 0.0300. The second-order valence-electron chi connectivity index (χ2n) is 6.29. The number of hydrogen-bond donors (Lipinski definition) is 0. The molecule has 0 atom stereocenters. The molecule has 16 heavy (non-hydrogen) atoms. The van der Waals surface area contributed by atoms with Crippen molar-refractivity contribution in [2.75, 3.05) is 5.88 Å². The van der Waals surface area contributed by atoms with Gasteiger partial charge in [-0.3, -0.25) is 0 Å². The highest BCUT2D eigenvalue weighted by Gasteiger charge is 2.28. The van der Waals surface area contributed by atoms with E-state index in [2.05, 4.69) is 33.8 Å². The van der Waals surface area contributed by atoms with Crippen molar-refractivity contribution in [1.82, 2.24) is 0 Å². The first-order valence-electron chi connectivity index (χ1n) is 6.73. The van der Waals surface area contributed by atoms with Gasteiger partial charge in [-0.1, -0.05) is 39.3 Å². The van der Waals surface area contributed by atoms with Gasteiger partial charge in [0, 0.05) is 5.88 Å². The van der Waals surface area contributed by atoms with E-state index in [1.54, 1.807) is 0 Å². The van der Waals surface area contributed by atoms with Crippen LogP contribution in [-0.4, -0.2) is 5.88 Å². The summed E-state index contributed by atoms with van der Waals surface area (Å²) in [5, 5.41) is 0. The minimum atomic E-state index is 0.495. The second kappa shape index (κ2) is 6.10. The number of halogens is 1. The Balaban J connectivity index is 2.46. The Morgan fingerprint density at radius 2 is 1.75 bits per heavy atom. The maximum Gasteiger partial charge on any atom is 0.0433 e. The molecule has 1 aliphatic carbocycles. The van der Waals surface area contributed by atoms with Gasteiger partial charge in [0.05, 0.1) is 0 Å². The molecule has 0 aromatic carbocycles. The maximum atomic E-state index is 5.92. The van der Waals surface area contributed by atoms with Crippen LogP contribution in [0.15, 0.2) is 11.6 Å². The van der Waals surface area contributed by atoms with E-state index in [4.69, 9.17) is 11.6 Å². The summed E-state index contributed by atoms with van der Waals surface area (Å²) in [5.41, 5.74) is 1.93. The summed E-state index contributed by atoms with van der Waals surface area (Å²) < 4.78 is 0. The van der Waals surface area contributed by atoms with E-state index in [0.29, 0.717) is 5.41 Å². The van der Waals surface area contributed by atoms with Crippen LogP contribution in [0.25, 0.3) is 0 Å². The van der Waals surface area contributed by atoms with Gasteiger partial charge in [-0.2, -0.15) is 0 Å². The van der Waals surface area contributed by atoms with E-state index < -0.39 is 0 Å². The molecule has 94 valence electrons. The number of alkyl halides is 1. The summed E-state index contributed by atoms with van der Waals surface area (Å²) in [7, 11) is 0. The average Bonchev–Trinajstić information content (AvgIpc) is 2.25. The van der Waals surface area contributed by atoms with E-state index in [1.165, 1.54) is 31.3 Å². The minimum absolute atomic E-state index is 0.495. The molecule has 0 nitrogen and oxygen atoms in total. The highest BCUT2D eigenvalue weighted by molar-refractivity contribution is 6.19. The standard InChI is InChI=1S/C15H27Cl/c1-5-12(11-16)10-13-6-8-14(9-7-13)15(2,3)4/h10,13-14H,5-9,11H2,1-4H3. The second-order valence-corrected chi connectivity index (χ2v) is 6.56. The van der Waals surface area contributed by atoms with Crippen LogP contribution in [0.4, 0.5) is 0 Å². The first-order valence-corrected chi connectivity index (χ1v) is 7.26. The summed E-state index contributed by atoms with van der Waals surface area (Å²) in [4.78, 5) is 0. The van der Waals surface area contributed by atoms with Gasteiger partial charge in [0.1, 0.15) is 0 Å². The van der Waals surface area contributed by atoms with Crippen LogP contribution in [0.3, 0.4) is 0 Å². The van der Waals surface area contributed by atoms with Crippen molar-refractivity contribution in [2.45, 2.75) is 59.8 Å². The van der Waals surface area contributed by atoms with Gasteiger partial charge in [-0.15, -0.1) is 11.6 Å². The topological polar surface area (TPSA) is 0 Å². The normalized spacial score (nSPS) is 28.2. The fourth-order valence-corrected chi connectivity index (χ4v) is 3.02. The van der Waals surface area contributed by atoms with Crippen molar-refractivity contribution >= 4 is 11.6 Å². The lowest BCUT2D eigenvalue weighted by molar-refractivity contribution is 0.162. The molecule has 1 heteroatoms. The predicted molar refractivity (Wildman–Crippen MR) is 74.0 cm³/mol. The lowest BCUT2D eigenvalue weighted by Crippen LogP contribution is -2.25. The van der Waals surface area contributed by atoms with Crippen molar-refractivity contribution < 1.29 is 0 Å². The molecule has 1 saturated carbocycles. The van der Waals surface area contributed by atoms with E-state index in [9.17, 15) is 0 Å². The van der Waals surface area contributed by atoms with Gasteiger partial charge < -0.3 is 0 Å². The molecular weight excluding hydrogens is 216 g/mol. The lowest BCUT2D eigenvalue weighted by atomic mass is 9.69. The van der Waals surface area contributed by atoms with Crippen LogP contribution in [0.2, 0.25) is 0 Å². The number of hydrogen-bond acceptors (Lipinski definition) is 0. The Labute approximate surface area is 106 Å². The zero-order valence-electron chi connectivity index (χ0n) is 11.4. The van der Waals surface area contributed by atoms with Crippen molar-refractivity contribution in [3.8, 4) is 0 Å². The lowest BCUT2D eigenvalue weighted by Gasteiger charge is -2.36. The molecule has 1 rings (SSSR count). The molecule has 0 saturated heterocycles.